The molecule has 1 aliphatic rings. The third kappa shape index (κ3) is 2.66. The first-order chi connectivity index (χ1) is 7.53. The van der Waals surface area contributed by atoms with E-state index < -0.39 is 0 Å². The van der Waals surface area contributed by atoms with Crippen molar-refractivity contribution in [2.45, 2.75) is 39.7 Å². The Morgan fingerprint density at radius 2 is 2.19 bits per heavy atom. The lowest BCUT2D eigenvalue weighted by Crippen LogP contribution is -2.29. The second-order valence-electron chi connectivity index (χ2n) is 5.12. The Hall–Kier alpha value is 0.0700. The Bertz CT molecular complexity index is 358. The third-order valence-corrected chi connectivity index (χ3v) is 5.40. The number of thiazole rings is 1. The zero-order valence-corrected chi connectivity index (χ0v) is 12.5. The number of halogens is 1. The number of nitrogens with one attached hydrogen (secondary N) is 1. The molecule has 0 aromatic carbocycles. The third-order valence-electron chi connectivity index (χ3n) is 3.74. The first-order valence-electron chi connectivity index (χ1n) is 5.88. The molecule has 1 fully saturated rings. The number of rotatable bonds is 5. The summed E-state index contributed by atoms with van der Waals surface area (Å²) in [5.74, 6) is 0.787. The van der Waals surface area contributed by atoms with Gasteiger partial charge in [0.15, 0.2) is 0 Å². The summed E-state index contributed by atoms with van der Waals surface area (Å²) in [5.41, 5.74) is 0.572. The first-order valence-corrected chi connectivity index (χ1v) is 7.49. The van der Waals surface area contributed by atoms with Crippen molar-refractivity contribution >= 4 is 27.3 Å². The first kappa shape index (κ1) is 12.5. The van der Waals surface area contributed by atoms with E-state index in [4.69, 9.17) is 0 Å². The Labute approximate surface area is 110 Å². The zero-order chi connectivity index (χ0) is 11.8. The van der Waals surface area contributed by atoms with Crippen molar-refractivity contribution < 1.29 is 0 Å². The second kappa shape index (κ2) is 4.75. The standard InChI is InChI=1S/C12H19BrN2S/c1-8(2)12(4-5-12)7-15-9(3)11-14-6-10(13)16-11/h6,8-9,15H,4-5,7H2,1-3H3. The minimum absolute atomic E-state index is 0.368. The largest absolute Gasteiger partial charge is 0.308 e. The molecule has 2 rings (SSSR count). The molecule has 1 N–H and O–H groups in total. The predicted molar refractivity (Wildman–Crippen MR) is 72.7 cm³/mol. The Morgan fingerprint density at radius 1 is 1.50 bits per heavy atom. The Morgan fingerprint density at radius 3 is 2.62 bits per heavy atom. The van der Waals surface area contributed by atoms with Gasteiger partial charge in [-0.25, -0.2) is 4.98 Å². The molecule has 0 radical (unpaired) electrons. The van der Waals surface area contributed by atoms with Crippen LogP contribution in [0.5, 0.6) is 0 Å². The molecule has 1 atom stereocenters. The number of aromatic nitrogens is 1. The van der Waals surface area contributed by atoms with Crippen LogP contribution in [0.4, 0.5) is 0 Å². The van der Waals surface area contributed by atoms with E-state index in [0.29, 0.717) is 11.5 Å². The van der Waals surface area contributed by atoms with Gasteiger partial charge in [0.1, 0.15) is 5.01 Å². The average molecular weight is 303 g/mol. The van der Waals surface area contributed by atoms with E-state index in [-0.39, 0.29) is 0 Å². The number of hydrogen-bond acceptors (Lipinski definition) is 3. The molecular formula is C12H19BrN2S. The van der Waals surface area contributed by atoms with Crippen LogP contribution >= 0.6 is 27.3 Å². The van der Waals surface area contributed by atoms with Crippen molar-refractivity contribution in [3.05, 3.63) is 15.0 Å². The van der Waals surface area contributed by atoms with Gasteiger partial charge in [0.25, 0.3) is 0 Å². The van der Waals surface area contributed by atoms with Gasteiger partial charge in [0.05, 0.1) is 16.0 Å². The smallest absolute Gasteiger partial charge is 0.110 e. The maximum Gasteiger partial charge on any atom is 0.110 e. The van der Waals surface area contributed by atoms with Crippen LogP contribution in [0.15, 0.2) is 9.98 Å². The number of hydrogen-bond donors (Lipinski definition) is 1. The zero-order valence-electron chi connectivity index (χ0n) is 10.1. The van der Waals surface area contributed by atoms with Crippen molar-refractivity contribution in [3.63, 3.8) is 0 Å². The highest BCUT2D eigenvalue weighted by atomic mass is 79.9. The van der Waals surface area contributed by atoms with Gasteiger partial charge >= 0.3 is 0 Å². The SMILES string of the molecule is CC(NCC1(C(C)C)CC1)c1ncc(Br)s1. The van der Waals surface area contributed by atoms with Gasteiger partial charge in [-0.3, -0.25) is 0 Å². The van der Waals surface area contributed by atoms with Gasteiger partial charge < -0.3 is 5.32 Å². The van der Waals surface area contributed by atoms with Crippen LogP contribution in [0.25, 0.3) is 0 Å². The van der Waals surface area contributed by atoms with Crippen LogP contribution in [-0.2, 0) is 0 Å². The van der Waals surface area contributed by atoms with E-state index in [0.717, 1.165) is 16.2 Å². The molecule has 90 valence electrons. The van der Waals surface area contributed by atoms with Gasteiger partial charge in [-0.05, 0) is 47.0 Å². The highest BCUT2D eigenvalue weighted by Gasteiger charge is 2.44. The fourth-order valence-electron chi connectivity index (χ4n) is 2.03. The highest BCUT2D eigenvalue weighted by Crippen LogP contribution is 2.51. The van der Waals surface area contributed by atoms with Crippen molar-refractivity contribution in [2.24, 2.45) is 11.3 Å². The summed E-state index contributed by atoms with van der Waals surface area (Å²) >= 11 is 5.17. The molecule has 1 saturated carbocycles. The van der Waals surface area contributed by atoms with Crippen molar-refractivity contribution in [3.8, 4) is 0 Å². The van der Waals surface area contributed by atoms with Crippen LogP contribution in [0.3, 0.4) is 0 Å². The summed E-state index contributed by atoms with van der Waals surface area (Å²) in [5, 5.41) is 4.80. The normalized spacial score (nSPS) is 20.1. The summed E-state index contributed by atoms with van der Waals surface area (Å²) in [6.45, 7) is 7.99. The van der Waals surface area contributed by atoms with Crippen LogP contribution in [-0.4, -0.2) is 11.5 Å². The average Bonchev–Trinajstić information content (AvgIpc) is 2.92. The minimum atomic E-state index is 0.368. The summed E-state index contributed by atoms with van der Waals surface area (Å²) in [4.78, 5) is 4.39. The van der Waals surface area contributed by atoms with Crippen LogP contribution < -0.4 is 5.32 Å². The molecule has 0 spiro atoms. The van der Waals surface area contributed by atoms with E-state index in [2.05, 4.69) is 47.0 Å². The summed E-state index contributed by atoms with van der Waals surface area (Å²) in [6.07, 6.45) is 4.64. The molecule has 0 aliphatic heterocycles. The van der Waals surface area contributed by atoms with Gasteiger partial charge in [0.2, 0.25) is 0 Å². The summed E-state index contributed by atoms with van der Waals surface area (Å²) in [6, 6.07) is 0.368. The van der Waals surface area contributed by atoms with Crippen molar-refractivity contribution in [1.82, 2.24) is 10.3 Å². The summed E-state index contributed by atoms with van der Waals surface area (Å²) < 4.78 is 1.11. The molecule has 0 bridgehead atoms. The molecule has 0 saturated heterocycles. The lowest BCUT2D eigenvalue weighted by atomic mass is 9.92. The second-order valence-corrected chi connectivity index (χ2v) is 7.56. The molecular weight excluding hydrogens is 284 g/mol. The fourth-order valence-corrected chi connectivity index (χ4v) is 3.30. The maximum absolute atomic E-state index is 4.39. The van der Waals surface area contributed by atoms with Crippen molar-refractivity contribution in [2.75, 3.05) is 6.54 Å². The Balaban J connectivity index is 1.87. The van der Waals surface area contributed by atoms with E-state index >= 15 is 0 Å². The summed E-state index contributed by atoms with van der Waals surface area (Å²) in [7, 11) is 0. The van der Waals surface area contributed by atoms with Crippen LogP contribution in [0, 0.1) is 11.3 Å². The molecule has 1 aromatic heterocycles. The monoisotopic (exact) mass is 302 g/mol. The van der Waals surface area contributed by atoms with Gasteiger partial charge in [-0.2, -0.15) is 0 Å². The van der Waals surface area contributed by atoms with E-state index in [1.165, 1.54) is 17.8 Å². The van der Waals surface area contributed by atoms with Gasteiger partial charge in [-0.1, -0.05) is 13.8 Å². The minimum Gasteiger partial charge on any atom is -0.308 e. The Kier molecular flexibility index (Phi) is 3.72. The maximum atomic E-state index is 4.39. The molecule has 0 amide bonds. The van der Waals surface area contributed by atoms with Gasteiger partial charge in [0, 0.05) is 6.54 Å². The molecule has 1 aromatic rings. The van der Waals surface area contributed by atoms with Crippen LogP contribution in [0.2, 0.25) is 0 Å². The molecule has 1 heterocycles. The van der Waals surface area contributed by atoms with E-state index in [1.54, 1.807) is 11.3 Å². The predicted octanol–water partition coefficient (Wildman–Crippen LogP) is 3.99. The van der Waals surface area contributed by atoms with Crippen LogP contribution in [0.1, 0.15) is 44.7 Å². The topological polar surface area (TPSA) is 24.9 Å². The molecule has 1 aliphatic carbocycles. The lowest BCUT2D eigenvalue weighted by Gasteiger charge is -2.22. The molecule has 2 nitrogen and oxygen atoms in total. The molecule has 4 heteroatoms. The fraction of sp³-hybridized carbons (Fsp3) is 0.750. The molecule has 1 unspecified atom stereocenters. The van der Waals surface area contributed by atoms with E-state index in [9.17, 15) is 0 Å². The molecule has 16 heavy (non-hydrogen) atoms. The lowest BCUT2D eigenvalue weighted by molar-refractivity contribution is 0.325. The quantitative estimate of drug-likeness (QED) is 0.889. The van der Waals surface area contributed by atoms with Crippen molar-refractivity contribution in [1.29, 1.82) is 0 Å². The van der Waals surface area contributed by atoms with E-state index in [1.807, 2.05) is 6.20 Å². The van der Waals surface area contributed by atoms with Gasteiger partial charge in [-0.15, -0.1) is 11.3 Å². The highest BCUT2D eigenvalue weighted by molar-refractivity contribution is 9.11. The number of nitrogens with zero attached hydrogens (tertiary/aromatic N) is 1.